The van der Waals surface area contributed by atoms with Gasteiger partial charge in [-0.1, -0.05) is 29.3 Å². The normalized spacial score (nSPS) is 24.8. The molecule has 26 heavy (non-hydrogen) atoms. The quantitative estimate of drug-likeness (QED) is 0.699. The number of Topliss-reactive ketones (excluding diaryl/α,β-unsaturated/α-hetero) is 1. The summed E-state index contributed by atoms with van der Waals surface area (Å²) in [6, 6.07) is 4.48. The molecule has 0 bridgehead atoms. The van der Waals surface area contributed by atoms with Crippen LogP contribution < -0.4 is 0 Å². The Morgan fingerprint density at radius 2 is 2.04 bits per heavy atom. The molecule has 0 N–H and O–H groups in total. The SMILES string of the molecule is CC(=O)OC1=C(N2CCCS2(=O)=O)OC(C)(c2ccc(Cl)cc2Cl)C1=O. The van der Waals surface area contributed by atoms with Crippen molar-refractivity contribution in [3.8, 4) is 0 Å². The minimum absolute atomic E-state index is 0.0835. The molecule has 1 aromatic rings. The molecule has 140 valence electrons. The van der Waals surface area contributed by atoms with Gasteiger partial charge in [0.05, 0.1) is 5.75 Å². The number of esters is 1. The van der Waals surface area contributed by atoms with Gasteiger partial charge in [0.1, 0.15) is 0 Å². The highest BCUT2D eigenvalue weighted by molar-refractivity contribution is 7.89. The summed E-state index contributed by atoms with van der Waals surface area (Å²) in [6.45, 7) is 2.67. The van der Waals surface area contributed by atoms with E-state index in [0.29, 0.717) is 11.4 Å². The molecule has 7 nitrogen and oxygen atoms in total. The number of hydrogen-bond donors (Lipinski definition) is 0. The van der Waals surface area contributed by atoms with Crippen LogP contribution in [0.15, 0.2) is 29.8 Å². The van der Waals surface area contributed by atoms with E-state index in [2.05, 4.69) is 0 Å². The van der Waals surface area contributed by atoms with Gasteiger partial charge in [0.2, 0.25) is 21.4 Å². The lowest BCUT2D eigenvalue weighted by Crippen LogP contribution is -2.33. The van der Waals surface area contributed by atoms with Crippen LogP contribution in [0.1, 0.15) is 25.8 Å². The molecule has 0 amide bonds. The standard InChI is InChI=1S/C16H15Cl2NO6S/c1-9(20)24-13-14(21)16(2,11-5-4-10(17)8-12(11)18)25-15(13)19-6-3-7-26(19,22)23/h4-5,8H,3,6-7H2,1-2H3. The van der Waals surface area contributed by atoms with Crippen LogP contribution in [0.3, 0.4) is 0 Å². The fraction of sp³-hybridized carbons (Fsp3) is 0.375. The molecule has 1 atom stereocenters. The summed E-state index contributed by atoms with van der Waals surface area (Å²) in [5, 5.41) is 0.532. The largest absolute Gasteiger partial charge is 0.456 e. The third kappa shape index (κ3) is 3.06. The molecule has 10 heteroatoms. The lowest BCUT2D eigenvalue weighted by molar-refractivity contribution is -0.142. The second kappa shape index (κ2) is 6.44. The molecular formula is C16H15Cl2NO6S. The Hall–Kier alpha value is -1.77. The summed E-state index contributed by atoms with van der Waals surface area (Å²) in [5.41, 5.74) is -1.37. The van der Waals surface area contributed by atoms with E-state index >= 15 is 0 Å². The van der Waals surface area contributed by atoms with Gasteiger partial charge in [0.15, 0.2) is 0 Å². The topological polar surface area (TPSA) is 90.0 Å². The third-order valence-corrected chi connectivity index (χ3v) is 6.52. The first-order valence-electron chi connectivity index (χ1n) is 7.69. The van der Waals surface area contributed by atoms with Gasteiger partial charge in [-0.25, -0.2) is 12.7 Å². The summed E-state index contributed by atoms with van der Waals surface area (Å²) in [4.78, 5) is 24.5. The highest BCUT2D eigenvalue weighted by Crippen LogP contribution is 2.44. The number of halogens is 2. The average molecular weight is 420 g/mol. The van der Waals surface area contributed by atoms with Crippen molar-refractivity contribution in [2.24, 2.45) is 0 Å². The number of nitrogens with zero attached hydrogens (tertiary/aromatic N) is 1. The highest BCUT2D eigenvalue weighted by Gasteiger charge is 2.53. The molecular weight excluding hydrogens is 405 g/mol. The third-order valence-electron chi connectivity index (χ3n) is 4.15. The van der Waals surface area contributed by atoms with Crippen molar-refractivity contribution in [1.82, 2.24) is 4.31 Å². The Morgan fingerprint density at radius 1 is 1.35 bits per heavy atom. The van der Waals surface area contributed by atoms with Gasteiger partial charge < -0.3 is 9.47 Å². The second-order valence-electron chi connectivity index (χ2n) is 6.06. The van der Waals surface area contributed by atoms with Crippen LogP contribution in [0, 0.1) is 0 Å². The van der Waals surface area contributed by atoms with Gasteiger partial charge in [-0.15, -0.1) is 0 Å². The predicted molar refractivity (Wildman–Crippen MR) is 93.8 cm³/mol. The van der Waals surface area contributed by atoms with E-state index in [1.54, 1.807) is 0 Å². The van der Waals surface area contributed by atoms with Crippen molar-refractivity contribution in [2.75, 3.05) is 12.3 Å². The van der Waals surface area contributed by atoms with Crippen LogP contribution in [0.25, 0.3) is 0 Å². The first-order chi connectivity index (χ1) is 12.1. The summed E-state index contributed by atoms with van der Waals surface area (Å²) >= 11 is 12.1. The summed E-state index contributed by atoms with van der Waals surface area (Å²) in [7, 11) is -3.66. The maximum atomic E-state index is 13.0. The van der Waals surface area contributed by atoms with Crippen LogP contribution in [0.2, 0.25) is 10.0 Å². The smallest absolute Gasteiger partial charge is 0.308 e. The molecule has 3 rings (SSSR count). The first-order valence-corrected chi connectivity index (χ1v) is 10.1. The zero-order valence-corrected chi connectivity index (χ0v) is 16.2. The monoisotopic (exact) mass is 419 g/mol. The van der Waals surface area contributed by atoms with Crippen molar-refractivity contribution in [3.05, 3.63) is 45.5 Å². The van der Waals surface area contributed by atoms with E-state index < -0.39 is 33.1 Å². The number of benzene rings is 1. The first kappa shape index (κ1) is 19.0. The Bertz CT molecular complexity index is 942. The molecule has 0 aromatic heterocycles. The van der Waals surface area contributed by atoms with E-state index in [9.17, 15) is 18.0 Å². The van der Waals surface area contributed by atoms with Crippen LogP contribution in [-0.4, -0.2) is 36.8 Å². The number of carbonyl (C=O) groups excluding carboxylic acids is 2. The van der Waals surface area contributed by atoms with E-state index in [-0.39, 0.29) is 28.8 Å². The van der Waals surface area contributed by atoms with Crippen molar-refractivity contribution in [1.29, 1.82) is 0 Å². The minimum Gasteiger partial charge on any atom is -0.456 e. The Labute approximate surface area is 160 Å². The zero-order valence-electron chi connectivity index (χ0n) is 13.9. The number of ketones is 1. The minimum atomic E-state index is -3.66. The van der Waals surface area contributed by atoms with Crippen molar-refractivity contribution >= 4 is 45.0 Å². The lowest BCUT2D eigenvalue weighted by atomic mass is 9.91. The van der Waals surface area contributed by atoms with Gasteiger partial charge in [0.25, 0.3) is 11.7 Å². The maximum Gasteiger partial charge on any atom is 0.308 e. The van der Waals surface area contributed by atoms with Crippen molar-refractivity contribution < 1.29 is 27.5 Å². The van der Waals surface area contributed by atoms with Gasteiger partial charge in [-0.2, -0.15) is 0 Å². The fourth-order valence-corrected chi connectivity index (χ4v) is 5.00. The second-order valence-corrected chi connectivity index (χ2v) is 8.91. The number of rotatable bonds is 3. The van der Waals surface area contributed by atoms with Crippen LogP contribution in [-0.2, 0) is 34.7 Å². The summed E-state index contributed by atoms with van der Waals surface area (Å²) in [5.74, 6) is -2.29. The van der Waals surface area contributed by atoms with Gasteiger partial charge in [0, 0.05) is 29.1 Å². The number of sulfonamides is 1. The molecule has 1 saturated heterocycles. The van der Waals surface area contributed by atoms with Crippen molar-refractivity contribution in [2.45, 2.75) is 25.9 Å². The van der Waals surface area contributed by atoms with Crippen LogP contribution in [0.4, 0.5) is 0 Å². The van der Waals surface area contributed by atoms with Crippen LogP contribution in [0.5, 0.6) is 0 Å². The summed E-state index contributed by atoms with van der Waals surface area (Å²) in [6.07, 6.45) is 0.370. The molecule has 1 aromatic carbocycles. The lowest BCUT2D eigenvalue weighted by Gasteiger charge is -2.26. The number of hydrogen-bond acceptors (Lipinski definition) is 6. The van der Waals surface area contributed by atoms with Gasteiger partial charge >= 0.3 is 5.97 Å². The van der Waals surface area contributed by atoms with E-state index in [1.165, 1.54) is 25.1 Å². The van der Waals surface area contributed by atoms with Gasteiger partial charge in [-0.3, -0.25) is 9.59 Å². The molecule has 0 saturated carbocycles. The van der Waals surface area contributed by atoms with Crippen molar-refractivity contribution in [3.63, 3.8) is 0 Å². The predicted octanol–water partition coefficient (Wildman–Crippen LogP) is 2.58. The number of carbonyl (C=O) groups is 2. The average Bonchev–Trinajstić information content (AvgIpc) is 2.99. The maximum absolute atomic E-state index is 13.0. The molecule has 2 aliphatic rings. The molecule has 0 aliphatic carbocycles. The van der Waals surface area contributed by atoms with E-state index in [0.717, 1.165) is 11.2 Å². The molecule has 1 fully saturated rings. The Balaban J connectivity index is 2.11. The Kier molecular flexibility index (Phi) is 4.71. The molecule has 1 unspecified atom stereocenters. The highest BCUT2D eigenvalue weighted by atomic mass is 35.5. The Morgan fingerprint density at radius 3 is 2.58 bits per heavy atom. The fourth-order valence-electron chi connectivity index (χ4n) is 2.92. The molecule has 0 radical (unpaired) electrons. The number of ether oxygens (including phenoxy) is 2. The zero-order chi connectivity index (χ0) is 19.3. The van der Waals surface area contributed by atoms with E-state index in [4.69, 9.17) is 32.7 Å². The molecule has 0 spiro atoms. The molecule has 2 aliphatic heterocycles. The van der Waals surface area contributed by atoms with E-state index in [1.807, 2.05) is 0 Å². The molecule has 2 heterocycles. The summed E-state index contributed by atoms with van der Waals surface area (Å²) < 4.78 is 36.3. The van der Waals surface area contributed by atoms with Gasteiger partial charge in [-0.05, 0) is 25.5 Å². The van der Waals surface area contributed by atoms with Crippen LogP contribution >= 0.6 is 23.2 Å².